The van der Waals surface area contributed by atoms with E-state index in [0.717, 1.165) is 37.2 Å². The number of aromatic nitrogens is 1. The molecule has 1 atom stereocenters. The Hall–Kier alpha value is -2.60. The number of halogens is 1. The van der Waals surface area contributed by atoms with E-state index < -0.39 is 5.38 Å². The fourth-order valence-corrected chi connectivity index (χ4v) is 3.40. The van der Waals surface area contributed by atoms with Crippen LogP contribution in [0.4, 0.5) is 11.4 Å². The third-order valence-electron chi connectivity index (χ3n) is 5.17. The molecule has 2 amide bonds. The lowest BCUT2D eigenvalue weighted by molar-refractivity contribution is -0.115. The van der Waals surface area contributed by atoms with E-state index in [1.54, 1.807) is 25.4 Å². The molecule has 29 heavy (non-hydrogen) atoms. The summed E-state index contributed by atoms with van der Waals surface area (Å²) in [6.45, 7) is 6.08. The molecule has 2 N–H and O–H groups in total. The Kier molecular flexibility index (Phi) is 7.09. The number of piperidine rings is 1. The Morgan fingerprint density at radius 1 is 1.28 bits per heavy atom. The summed E-state index contributed by atoms with van der Waals surface area (Å²) in [6, 6.07) is 9.21. The van der Waals surface area contributed by atoms with Gasteiger partial charge in [0.25, 0.3) is 5.91 Å². The second-order valence-electron chi connectivity index (χ2n) is 7.55. The van der Waals surface area contributed by atoms with Crippen LogP contribution in [0.2, 0.25) is 0 Å². The number of anilines is 2. The van der Waals surface area contributed by atoms with Crippen molar-refractivity contribution in [3.8, 4) is 0 Å². The zero-order chi connectivity index (χ0) is 20.8. The highest BCUT2D eigenvalue weighted by Gasteiger charge is 2.22. The van der Waals surface area contributed by atoms with Crippen LogP contribution in [-0.4, -0.2) is 35.3 Å². The summed E-state index contributed by atoms with van der Waals surface area (Å²) >= 11 is 5.86. The van der Waals surface area contributed by atoms with Crippen LogP contribution in [0.5, 0.6) is 0 Å². The lowest BCUT2D eigenvalue weighted by Crippen LogP contribution is -2.35. The van der Waals surface area contributed by atoms with Gasteiger partial charge in [0.05, 0.1) is 5.56 Å². The van der Waals surface area contributed by atoms with Gasteiger partial charge >= 0.3 is 0 Å². The van der Waals surface area contributed by atoms with E-state index >= 15 is 0 Å². The van der Waals surface area contributed by atoms with Crippen molar-refractivity contribution in [2.45, 2.75) is 38.6 Å². The highest BCUT2D eigenvalue weighted by molar-refractivity contribution is 6.32. The molecule has 3 rings (SSSR count). The second kappa shape index (κ2) is 9.74. The smallest absolute Gasteiger partial charge is 0.253 e. The monoisotopic (exact) mass is 414 g/mol. The SMILES string of the molecule is CC1CCN(c2ccc(NC(=O)[C@H](C)Cl)cc2C(=O)NCc2cccnc2)CC1. The largest absolute Gasteiger partial charge is 0.371 e. The van der Waals surface area contributed by atoms with Crippen LogP contribution < -0.4 is 15.5 Å². The molecule has 2 aromatic rings. The standard InChI is InChI=1S/C22H27ClN4O2/c1-15-7-10-27(11-8-15)20-6-5-18(26-21(28)16(2)23)12-19(20)22(29)25-14-17-4-3-9-24-13-17/h3-6,9,12-13,15-16H,7-8,10-11,14H2,1-2H3,(H,25,29)(H,26,28)/t16-/m0/s1. The molecule has 0 radical (unpaired) electrons. The molecule has 1 aromatic carbocycles. The predicted molar refractivity (Wildman–Crippen MR) is 116 cm³/mol. The first-order valence-corrected chi connectivity index (χ1v) is 10.4. The molecule has 2 heterocycles. The third kappa shape index (κ3) is 5.70. The van der Waals surface area contributed by atoms with Crippen molar-refractivity contribution in [1.82, 2.24) is 10.3 Å². The summed E-state index contributed by atoms with van der Waals surface area (Å²) in [5.74, 6) is 0.211. The summed E-state index contributed by atoms with van der Waals surface area (Å²) in [6.07, 6.45) is 5.62. The van der Waals surface area contributed by atoms with Gasteiger partial charge in [-0.15, -0.1) is 11.6 Å². The van der Waals surface area contributed by atoms with Crippen molar-refractivity contribution in [2.75, 3.05) is 23.3 Å². The number of nitrogens with one attached hydrogen (secondary N) is 2. The van der Waals surface area contributed by atoms with Gasteiger partial charge in [-0.1, -0.05) is 13.0 Å². The Morgan fingerprint density at radius 2 is 2.03 bits per heavy atom. The summed E-state index contributed by atoms with van der Waals surface area (Å²) in [4.78, 5) is 31.3. The van der Waals surface area contributed by atoms with Crippen LogP contribution in [-0.2, 0) is 11.3 Å². The van der Waals surface area contributed by atoms with E-state index in [1.165, 1.54) is 0 Å². The number of alkyl halides is 1. The minimum absolute atomic E-state index is 0.183. The zero-order valence-corrected chi connectivity index (χ0v) is 17.6. The van der Waals surface area contributed by atoms with Crippen LogP contribution in [0.3, 0.4) is 0 Å². The van der Waals surface area contributed by atoms with E-state index in [4.69, 9.17) is 11.6 Å². The molecular formula is C22H27ClN4O2. The molecule has 0 unspecified atom stereocenters. The zero-order valence-electron chi connectivity index (χ0n) is 16.8. The molecule has 0 saturated carbocycles. The fraction of sp³-hybridized carbons (Fsp3) is 0.409. The first-order chi connectivity index (χ1) is 13.9. The number of carbonyl (C=O) groups excluding carboxylic acids is 2. The van der Waals surface area contributed by atoms with Gasteiger partial charge in [0.15, 0.2) is 0 Å². The van der Waals surface area contributed by atoms with Crippen LogP contribution in [0.25, 0.3) is 0 Å². The third-order valence-corrected chi connectivity index (χ3v) is 5.37. The van der Waals surface area contributed by atoms with Crippen LogP contribution in [0, 0.1) is 5.92 Å². The normalized spacial score (nSPS) is 15.6. The van der Waals surface area contributed by atoms with Crippen molar-refractivity contribution in [2.24, 2.45) is 5.92 Å². The molecule has 6 nitrogen and oxygen atoms in total. The van der Waals surface area contributed by atoms with Gasteiger partial charge in [0.1, 0.15) is 5.38 Å². The van der Waals surface area contributed by atoms with E-state index in [2.05, 4.69) is 27.4 Å². The highest BCUT2D eigenvalue weighted by Crippen LogP contribution is 2.29. The molecule has 1 fully saturated rings. The van der Waals surface area contributed by atoms with E-state index in [1.807, 2.05) is 24.3 Å². The number of nitrogens with zero attached hydrogens (tertiary/aromatic N) is 2. The molecule has 1 aliphatic rings. The number of benzene rings is 1. The predicted octanol–water partition coefficient (Wildman–Crippen LogP) is 3.81. The lowest BCUT2D eigenvalue weighted by atomic mass is 9.97. The second-order valence-corrected chi connectivity index (χ2v) is 8.21. The molecule has 7 heteroatoms. The molecule has 1 aliphatic heterocycles. The average molecular weight is 415 g/mol. The van der Waals surface area contributed by atoms with Crippen LogP contribution >= 0.6 is 11.6 Å². The lowest BCUT2D eigenvalue weighted by Gasteiger charge is -2.33. The molecule has 0 bridgehead atoms. The number of hydrogen-bond donors (Lipinski definition) is 2. The maximum atomic E-state index is 13.0. The highest BCUT2D eigenvalue weighted by atomic mass is 35.5. The van der Waals surface area contributed by atoms with Crippen molar-refractivity contribution in [3.05, 3.63) is 53.9 Å². The average Bonchev–Trinajstić information content (AvgIpc) is 2.73. The van der Waals surface area contributed by atoms with Crippen LogP contribution in [0.15, 0.2) is 42.7 Å². The fourth-order valence-electron chi connectivity index (χ4n) is 3.34. The molecule has 154 valence electrons. The Morgan fingerprint density at radius 3 is 2.69 bits per heavy atom. The minimum Gasteiger partial charge on any atom is -0.371 e. The summed E-state index contributed by atoms with van der Waals surface area (Å²) in [5, 5.41) is 5.08. The summed E-state index contributed by atoms with van der Waals surface area (Å²) in [5.41, 5.74) is 2.92. The first kappa shape index (κ1) is 21.1. The number of hydrogen-bond acceptors (Lipinski definition) is 4. The van der Waals surface area contributed by atoms with Gasteiger partial charge in [-0.3, -0.25) is 14.6 Å². The first-order valence-electron chi connectivity index (χ1n) is 9.95. The quantitative estimate of drug-likeness (QED) is 0.705. The minimum atomic E-state index is -0.652. The van der Waals surface area contributed by atoms with Gasteiger partial charge in [0.2, 0.25) is 5.91 Å². The molecule has 1 saturated heterocycles. The molecule has 0 aliphatic carbocycles. The maximum Gasteiger partial charge on any atom is 0.253 e. The Labute approximate surface area is 176 Å². The molecular weight excluding hydrogens is 388 g/mol. The van der Waals surface area contributed by atoms with Crippen LogP contribution in [0.1, 0.15) is 42.6 Å². The number of rotatable bonds is 6. The summed E-state index contributed by atoms with van der Waals surface area (Å²) < 4.78 is 0. The maximum absolute atomic E-state index is 13.0. The topological polar surface area (TPSA) is 74.3 Å². The van der Waals surface area contributed by atoms with Gasteiger partial charge < -0.3 is 15.5 Å². The van der Waals surface area contributed by atoms with Gasteiger partial charge in [-0.05, 0) is 55.5 Å². The number of pyridine rings is 1. The molecule has 0 spiro atoms. The van der Waals surface area contributed by atoms with Crippen molar-refractivity contribution >= 4 is 34.8 Å². The van der Waals surface area contributed by atoms with E-state index in [0.29, 0.717) is 23.7 Å². The van der Waals surface area contributed by atoms with E-state index in [9.17, 15) is 9.59 Å². The van der Waals surface area contributed by atoms with Crippen molar-refractivity contribution in [1.29, 1.82) is 0 Å². The Bertz CT molecular complexity index is 849. The Balaban J connectivity index is 1.83. The number of carbonyl (C=O) groups is 2. The van der Waals surface area contributed by atoms with Crippen molar-refractivity contribution in [3.63, 3.8) is 0 Å². The van der Waals surface area contributed by atoms with Gasteiger partial charge in [0, 0.05) is 43.4 Å². The number of amides is 2. The summed E-state index contributed by atoms with van der Waals surface area (Å²) in [7, 11) is 0. The van der Waals surface area contributed by atoms with Crippen molar-refractivity contribution < 1.29 is 9.59 Å². The van der Waals surface area contributed by atoms with Gasteiger partial charge in [-0.25, -0.2) is 0 Å². The molecule has 1 aromatic heterocycles. The van der Waals surface area contributed by atoms with E-state index in [-0.39, 0.29) is 11.8 Å². The van der Waals surface area contributed by atoms with Gasteiger partial charge in [-0.2, -0.15) is 0 Å².